The molecule has 0 aliphatic rings. The summed E-state index contributed by atoms with van der Waals surface area (Å²) >= 11 is 2.96. The highest BCUT2D eigenvalue weighted by Crippen LogP contribution is 2.28. The van der Waals surface area contributed by atoms with Crippen LogP contribution in [0.15, 0.2) is 71.0 Å². The van der Waals surface area contributed by atoms with Crippen molar-refractivity contribution in [2.45, 2.75) is 21.8 Å². The number of H-pyrrole nitrogens is 2. The van der Waals surface area contributed by atoms with E-state index in [2.05, 4.69) is 64.6 Å². The molecule has 0 atom stereocenters. The molecule has 0 radical (unpaired) electrons. The van der Waals surface area contributed by atoms with Gasteiger partial charge in [-0.15, -0.1) is 20.4 Å². The van der Waals surface area contributed by atoms with Gasteiger partial charge in [0, 0.05) is 33.3 Å². The average molecular weight is 543 g/mol. The summed E-state index contributed by atoms with van der Waals surface area (Å²) in [6.45, 7) is 0. The Morgan fingerprint density at radius 2 is 1.03 bits per heavy atom. The van der Waals surface area contributed by atoms with Crippen LogP contribution in [0.25, 0.3) is 44.1 Å². The summed E-state index contributed by atoms with van der Waals surface area (Å²) in [4.78, 5) is 15.4. The largest absolute Gasteiger partial charge is 0.338 e. The van der Waals surface area contributed by atoms with Crippen molar-refractivity contribution in [2.75, 3.05) is 0 Å². The Morgan fingerprint density at radius 1 is 0.579 bits per heavy atom. The number of fused-ring (bicyclic) bond motifs is 6. The first-order valence-electron chi connectivity index (χ1n) is 11.6. The lowest BCUT2D eigenvalue weighted by molar-refractivity contribution is 0.629. The first-order valence-corrected chi connectivity index (χ1v) is 13.5. The van der Waals surface area contributed by atoms with E-state index >= 15 is 0 Å². The van der Waals surface area contributed by atoms with Crippen molar-refractivity contribution in [3.8, 4) is 0 Å². The fourth-order valence-corrected chi connectivity index (χ4v) is 5.69. The minimum atomic E-state index is -0.322. The molecule has 3 aromatic carbocycles. The van der Waals surface area contributed by atoms with E-state index in [9.17, 15) is 8.78 Å². The van der Waals surface area contributed by atoms with E-state index in [-0.39, 0.29) is 11.6 Å². The minimum Gasteiger partial charge on any atom is -0.338 e. The van der Waals surface area contributed by atoms with Crippen LogP contribution in [0, 0.1) is 11.6 Å². The molecule has 7 rings (SSSR count). The highest BCUT2D eigenvalue weighted by molar-refractivity contribution is 7.98. The maximum atomic E-state index is 13.6. The van der Waals surface area contributed by atoms with E-state index < -0.39 is 0 Å². The summed E-state index contributed by atoms with van der Waals surface area (Å²) in [6.07, 6.45) is 0. The molecule has 12 heteroatoms. The lowest BCUT2D eigenvalue weighted by Crippen LogP contribution is -1.93. The molecule has 8 nitrogen and oxygen atoms in total. The number of aromatic amines is 2. The molecule has 0 spiro atoms. The molecule has 4 aromatic heterocycles. The van der Waals surface area contributed by atoms with E-state index in [1.165, 1.54) is 47.8 Å². The van der Waals surface area contributed by atoms with Gasteiger partial charge in [0.05, 0.1) is 0 Å². The van der Waals surface area contributed by atoms with Crippen molar-refractivity contribution in [1.82, 2.24) is 40.3 Å². The lowest BCUT2D eigenvalue weighted by Gasteiger charge is -2.04. The van der Waals surface area contributed by atoms with Crippen LogP contribution in [0.1, 0.15) is 11.1 Å². The van der Waals surface area contributed by atoms with Gasteiger partial charge in [-0.2, -0.15) is 0 Å². The fourth-order valence-electron chi connectivity index (χ4n) is 4.21. The van der Waals surface area contributed by atoms with Gasteiger partial charge in [-0.25, -0.2) is 18.7 Å². The Hall–Kier alpha value is -4.16. The van der Waals surface area contributed by atoms with Crippen LogP contribution in [-0.2, 0) is 11.5 Å². The third-order valence-electron chi connectivity index (χ3n) is 6.07. The Bertz CT molecular complexity index is 1830. The molecule has 4 heterocycles. The maximum absolute atomic E-state index is 13.6. The predicted molar refractivity (Wildman–Crippen MR) is 144 cm³/mol. The predicted octanol–water partition coefficient (Wildman–Crippen LogP) is 6.19. The van der Waals surface area contributed by atoms with E-state index in [0.29, 0.717) is 54.9 Å². The SMILES string of the molecule is Fc1ccc2[nH]c3nc(SCc4ccc(CSc5nnc6c(n5)[nH]c5ccc(F)cc56)cc4)nnc3c2c1. The summed E-state index contributed by atoms with van der Waals surface area (Å²) in [5.41, 5.74) is 6.08. The average Bonchev–Trinajstić information content (AvgIpc) is 3.48. The Balaban J connectivity index is 1.00. The number of halogens is 2. The van der Waals surface area contributed by atoms with E-state index in [1.54, 1.807) is 12.1 Å². The van der Waals surface area contributed by atoms with Crippen LogP contribution >= 0.6 is 23.5 Å². The van der Waals surface area contributed by atoms with Crippen LogP contribution < -0.4 is 0 Å². The highest BCUT2D eigenvalue weighted by Gasteiger charge is 2.12. The quantitative estimate of drug-likeness (QED) is 0.240. The number of benzene rings is 3. The van der Waals surface area contributed by atoms with E-state index in [0.717, 1.165) is 22.2 Å². The monoisotopic (exact) mass is 542 g/mol. The number of aromatic nitrogens is 8. The molecular weight excluding hydrogens is 526 g/mol. The van der Waals surface area contributed by atoms with Gasteiger partial charge in [0.2, 0.25) is 10.3 Å². The second-order valence-corrected chi connectivity index (χ2v) is 10.5. The second-order valence-electron chi connectivity index (χ2n) is 8.61. The zero-order valence-electron chi connectivity index (χ0n) is 19.4. The van der Waals surface area contributed by atoms with Crippen molar-refractivity contribution in [3.63, 3.8) is 0 Å². The van der Waals surface area contributed by atoms with Gasteiger partial charge in [0.15, 0.2) is 11.3 Å². The summed E-state index contributed by atoms with van der Waals surface area (Å²) < 4.78 is 27.2. The molecule has 0 unspecified atom stereocenters. The first kappa shape index (κ1) is 23.0. The topological polar surface area (TPSA) is 109 Å². The zero-order valence-corrected chi connectivity index (χ0v) is 21.1. The maximum Gasteiger partial charge on any atom is 0.211 e. The lowest BCUT2D eigenvalue weighted by atomic mass is 10.2. The van der Waals surface area contributed by atoms with Gasteiger partial charge in [0.25, 0.3) is 0 Å². The molecule has 0 aliphatic carbocycles. The highest BCUT2D eigenvalue weighted by atomic mass is 32.2. The molecule has 0 aliphatic heterocycles. The Morgan fingerprint density at radius 3 is 1.47 bits per heavy atom. The van der Waals surface area contributed by atoms with Gasteiger partial charge in [0.1, 0.15) is 22.7 Å². The number of rotatable bonds is 6. The van der Waals surface area contributed by atoms with E-state index in [1.807, 2.05) is 0 Å². The number of nitrogens with zero attached hydrogens (tertiary/aromatic N) is 6. The van der Waals surface area contributed by atoms with E-state index in [4.69, 9.17) is 0 Å². The number of nitrogens with one attached hydrogen (secondary N) is 2. The molecule has 186 valence electrons. The molecule has 0 saturated carbocycles. The van der Waals surface area contributed by atoms with Crippen molar-refractivity contribution in [1.29, 1.82) is 0 Å². The van der Waals surface area contributed by atoms with Gasteiger partial charge >= 0.3 is 0 Å². The fraction of sp³-hybridized carbons (Fsp3) is 0.0769. The minimum absolute atomic E-state index is 0.322. The molecule has 0 amide bonds. The van der Waals surface area contributed by atoms with Crippen LogP contribution in [0.2, 0.25) is 0 Å². The third kappa shape index (κ3) is 4.31. The molecule has 0 saturated heterocycles. The van der Waals surface area contributed by atoms with Crippen LogP contribution in [0.3, 0.4) is 0 Å². The Kier molecular flexibility index (Phi) is 5.63. The second kappa shape index (κ2) is 9.30. The molecular formula is C26H16F2N8S2. The molecule has 7 aromatic rings. The third-order valence-corrected chi connectivity index (χ3v) is 7.89. The van der Waals surface area contributed by atoms with Gasteiger partial charge in [-0.1, -0.05) is 47.8 Å². The molecule has 2 N–H and O–H groups in total. The van der Waals surface area contributed by atoms with Crippen molar-refractivity contribution < 1.29 is 8.78 Å². The summed E-state index contributed by atoms with van der Waals surface area (Å²) in [5.74, 6) is 0.718. The molecule has 38 heavy (non-hydrogen) atoms. The van der Waals surface area contributed by atoms with Gasteiger partial charge in [-0.3, -0.25) is 0 Å². The summed E-state index contributed by atoms with van der Waals surface area (Å²) in [7, 11) is 0. The van der Waals surface area contributed by atoms with Gasteiger partial charge < -0.3 is 9.97 Å². The summed E-state index contributed by atoms with van der Waals surface area (Å²) in [6, 6.07) is 17.3. The zero-order chi connectivity index (χ0) is 25.6. The van der Waals surface area contributed by atoms with Gasteiger partial charge in [-0.05, 0) is 47.5 Å². The normalized spacial score (nSPS) is 11.8. The number of hydrogen-bond donors (Lipinski definition) is 2. The van der Waals surface area contributed by atoms with Crippen LogP contribution in [-0.4, -0.2) is 40.3 Å². The Labute approximate surface area is 221 Å². The molecule has 0 fully saturated rings. The first-order chi connectivity index (χ1) is 18.6. The van der Waals surface area contributed by atoms with Crippen LogP contribution in [0.5, 0.6) is 0 Å². The number of hydrogen-bond acceptors (Lipinski definition) is 8. The van der Waals surface area contributed by atoms with Crippen molar-refractivity contribution >= 4 is 67.7 Å². The summed E-state index contributed by atoms with van der Waals surface area (Å²) in [5, 5.41) is 19.4. The number of thioether (sulfide) groups is 2. The van der Waals surface area contributed by atoms with Crippen LogP contribution in [0.4, 0.5) is 8.78 Å². The van der Waals surface area contributed by atoms with Crippen molar-refractivity contribution in [3.05, 3.63) is 83.4 Å². The van der Waals surface area contributed by atoms with Crippen molar-refractivity contribution in [2.24, 2.45) is 0 Å². The smallest absolute Gasteiger partial charge is 0.211 e. The standard InChI is InChI=1S/C26H16F2N8S2/c27-15-5-7-19-17(9-15)21-23(29-19)31-25(35-33-21)37-11-13-1-2-14(4-3-13)12-38-26-32-24-22(34-36-26)18-10-16(28)6-8-20(18)30-24/h1-10H,11-12H2,(H,29,31,35)(H,30,32,36). The molecule has 0 bridgehead atoms.